The van der Waals surface area contributed by atoms with E-state index >= 15 is 0 Å². The second-order valence-electron chi connectivity index (χ2n) is 5.15. The van der Waals surface area contributed by atoms with Crippen LogP contribution in [0.4, 0.5) is 0 Å². The molecule has 2 saturated heterocycles. The predicted molar refractivity (Wildman–Crippen MR) is 65.1 cm³/mol. The number of aromatic nitrogens is 2. The van der Waals surface area contributed by atoms with Crippen molar-refractivity contribution in [3.8, 4) is 0 Å². The topological polar surface area (TPSA) is 80.5 Å². The van der Waals surface area contributed by atoms with Gasteiger partial charge in [-0.3, -0.25) is 9.69 Å². The van der Waals surface area contributed by atoms with E-state index in [1.807, 2.05) is 0 Å². The molecule has 2 aliphatic heterocycles. The molecule has 0 saturated carbocycles. The number of nitrogens with zero attached hydrogens (tertiary/aromatic N) is 3. The molecule has 3 heterocycles. The molecular weight excluding hydrogens is 248 g/mol. The number of methoxy groups -OCH3 is 1. The Morgan fingerprint density at radius 2 is 2.42 bits per heavy atom. The van der Waals surface area contributed by atoms with Gasteiger partial charge in [0.1, 0.15) is 0 Å². The number of nitrogens with one attached hydrogen (secondary N) is 1. The smallest absolute Gasteiger partial charge is 0.240 e. The molecule has 0 spiro atoms. The van der Waals surface area contributed by atoms with Gasteiger partial charge in [0, 0.05) is 39.1 Å². The monoisotopic (exact) mass is 266 g/mol. The fraction of sp³-hybridized carbons (Fsp3) is 0.750. The van der Waals surface area contributed by atoms with Gasteiger partial charge in [0.15, 0.2) is 5.82 Å². The third-order valence-corrected chi connectivity index (χ3v) is 3.79. The van der Waals surface area contributed by atoms with Crippen LogP contribution in [0.2, 0.25) is 0 Å². The first-order valence-electron chi connectivity index (χ1n) is 6.56. The zero-order valence-corrected chi connectivity index (χ0v) is 11.0. The number of ether oxygens (including phenoxy) is 1. The van der Waals surface area contributed by atoms with Gasteiger partial charge in [0.2, 0.25) is 11.8 Å². The molecule has 0 radical (unpaired) electrons. The van der Waals surface area contributed by atoms with Gasteiger partial charge in [-0.05, 0) is 0 Å². The standard InChI is InChI=1S/C12H18N4O3/c1-18-3-2-10-14-11(19-15-10)7-16-5-8-4-13-12(17)9(8)6-16/h8-9H,2-7H2,1H3,(H,13,17)/t8-,9+/m0/s1. The molecule has 2 fully saturated rings. The summed E-state index contributed by atoms with van der Waals surface area (Å²) < 4.78 is 10.2. The number of carbonyl (C=O) groups excluding carboxylic acids is 1. The molecule has 3 rings (SSSR count). The maximum absolute atomic E-state index is 11.6. The van der Waals surface area contributed by atoms with Crippen LogP contribution in [0.25, 0.3) is 0 Å². The molecule has 0 unspecified atom stereocenters. The molecule has 0 aliphatic carbocycles. The van der Waals surface area contributed by atoms with Crippen molar-refractivity contribution in [2.45, 2.75) is 13.0 Å². The summed E-state index contributed by atoms with van der Waals surface area (Å²) in [7, 11) is 1.65. The van der Waals surface area contributed by atoms with Crippen LogP contribution in [-0.4, -0.2) is 54.3 Å². The molecular formula is C12H18N4O3. The van der Waals surface area contributed by atoms with Gasteiger partial charge in [-0.25, -0.2) is 0 Å². The fourth-order valence-electron chi connectivity index (χ4n) is 2.80. The highest BCUT2D eigenvalue weighted by Crippen LogP contribution is 2.28. The first kappa shape index (κ1) is 12.6. The zero-order chi connectivity index (χ0) is 13.2. The van der Waals surface area contributed by atoms with Crippen LogP contribution in [-0.2, 0) is 22.5 Å². The first-order chi connectivity index (χ1) is 9.26. The summed E-state index contributed by atoms with van der Waals surface area (Å²) in [5.74, 6) is 2.04. The van der Waals surface area contributed by atoms with Crippen molar-refractivity contribution in [1.82, 2.24) is 20.4 Å². The molecule has 104 valence electrons. The number of hydrogen-bond donors (Lipinski definition) is 1. The van der Waals surface area contributed by atoms with Gasteiger partial charge in [0.05, 0.1) is 19.1 Å². The molecule has 2 aliphatic rings. The highest BCUT2D eigenvalue weighted by molar-refractivity contribution is 5.81. The van der Waals surface area contributed by atoms with Crippen molar-refractivity contribution in [3.63, 3.8) is 0 Å². The molecule has 1 N–H and O–H groups in total. The van der Waals surface area contributed by atoms with Gasteiger partial charge in [-0.15, -0.1) is 0 Å². The number of amides is 1. The third-order valence-electron chi connectivity index (χ3n) is 3.79. The van der Waals surface area contributed by atoms with E-state index in [1.54, 1.807) is 7.11 Å². The van der Waals surface area contributed by atoms with Gasteiger partial charge < -0.3 is 14.6 Å². The summed E-state index contributed by atoms with van der Waals surface area (Å²) in [6.07, 6.45) is 0.660. The van der Waals surface area contributed by atoms with Crippen molar-refractivity contribution in [2.24, 2.45) is 11.8 Å². The lowest BCUT2D eigenvalue weighted by molar-refractivity contribution is -0.122. The molecule has 7 heteroatoms. The number of rotatable bonds is 5. The van der Waals surface area contributed by atoms with Crippen LogP contribution in [0, 0.1) is 11.8 Å². The number of likely N-dealkylation sites (tertiary alicyclic amines) is 1. The Morgan fingerprint density at radius 3 is 3.21 bits per heavy atom. The van der Waals surface area contributed by atoms with Crippen molar-refractivity contribution >= 4 is 5.91 Å². The molecule has 0 aromatic carbocycles. The van der Waals surface area contributed by atoms with Crippen LogP contribution in [0.5, 0.6) is 0 Å². The SMILES string of the molecule is COCCc1noc(CN2C[C@@H]3CNC(=O)[C@@H]3C2)n1. The van der Waals surface area contributed by atoms with Gasteiger partial charge in [-0.1, -0.05) is 5.16 Å². The minimum absolute atomic E-state index is 0.135. The Bertz CT molecular complexity index is 462. The fourth-order valence-corrected chi connectivity index (χ4v) is 2.80. The van der Waals surface area contributed by atoms with Crippen LogP contribution < -0.4 is 5.32 Å². The minimum Gasteiger partial charge on any atom is -0.384 e. The van der Waals surface area contributed by atoms with Crippen LogP contribution in [0.15, 0.2) is 4.52 Å². The van der Waals surface area contributed by atoms with Gasteiger partial charge in [-0.2, -0.15) is 4.98 Å². The lowest BCUT2D eigenvalue weighted by Crippen LogP contribution is -2.28. The molecule has 1 aromatic heterocycles. The second-order valence-corrected chi connectivity index (χ2v) is 5.15. The quantitative estimate of drug-likeness (QED) is 0.769. The van der Waals surface area contributed by atoms with Crippen molar-refractivity contribution in [2.75, 3.05) is 33.4 Å². The van der Waals surface area contributed by atoms with E-state index in [1.165, 1.54) is 0 Å². The Hall–Kier alpha value is -1.47. The third kappa shape index (κ3) is 2.62. The van der Waals surface area contributed by atoms with Crippen molar-refractivity contribution < 1.29 is 14.1 Å². The lowest BCUT2D eigenvalue weighted by Gasteiger charge is -2.13. The average Bonchev–Trinajstić information content (AvgIpc) is 3.07. The molecule has 19 heavy (non-hydrogen) atoms. The van der Waals surface area contributed by atoms with E-state index < -0.39 is 0 Å². The number of fused-ring (bicyclic) bond motifs is 1. The minimum atomic E-state index is 0.135. The summed E-state index contributed by atoms with van der Waals surface area (Å²) in [5.41, 5.74) is 0. The van der Waals surface area contributed by atoms with Crippen LogP contribution >= 0.6 is 0 Å². The maximum Gasteiger partial charge on any atom is 0.240 e. The summed E-state index contributed by atoms with van der Waals surface area (Å²) in [4.78, 5) is 18.1. The molecule has 7 nitrogen and oxygen atoms in total. The van der Waals surface area contributed by atoms with Gasteiger partial charge in [0.25, 0.3) is 0 Å². The first-order valence-corrected chi connectivity index (χ1v) is 6.56. The van der Waals surface area contributed by atoms with E-state index in [0.29, 0.717) is 37.2 Å². The lowest BCUT2D eigenvalue weighted by atomic mass is 10.0. The molecule has 0 bridgehead atoms. The van der Waals surface area contributed by atoms with E-state index in [4.69, 9.17) is 9.26 Å². The van der Waals surface area contributed by atoms with E-state index in [0.717, 1.165) is 19.6 Å². The molecule has 1 amide bonds. The summed E-state index contributed by atoms with van der Waals surface area (Å²) in [6, 6.07) is 0. The van der Waals surface area contributed by atoms with Crippen molar-refractivity contribution in [1.29, 1.82) is 0 Å². The predicted octanol–water partition coefficient (Wildman–Crippen LogP) is -0.564. The van der Waals surface area contributed by atoms with E-state index in [9.17, 15) is 4.79 Å². The van der Waals surface area contributed by atoms with E-state index in [2.05, 4.69) is 20.4 Å². The largest absolute Gasteiger partial charge is 0.384 e. The highest BCUT2D eigenvalue weighted by Gasteiger charge is 2.42. The average molecular weight is 266 g/mol. The second kappa shape index (κ2) is 5.26. The van der Waals surface area contributed by atoms with Crippen LogP contribution in [0.3, 0.4) is 0 Å². The van der Waals surface area contributed by atoms with Crippen molar-refractivity contribution in [3.05, 3.63) is 11.7 Å². The molecule has 1 aromatic rings. The Kier molecular flexibility index (Phi) is 3.48. The normalized spacial score (nSPS) is 26.7. The maximum atomic E-state index is 11.6. The Balaban J connectivity index is 1.55. The van der Waals surface area contributed by atoms with E-state index in [-0.39, 0.29) is 11.8 Å². The van der Waals surface area contributed by atoms with Gasteiger partial charge >= 0.3 is 0 Å². The molecule has 2 atom stereocenters. The highest BCUT2D eigenvalue weighted by atomic mass is 16.5. The Morgan fingerprint density at radius 1 is 1.53 bits per heavy atom. The Labute approximate surface area is 111 Å². The summed E-state index contributed by atoms with van der Waals surface area (Å²) in [6.45, 7) is 3.71. The van der Waals surface area contributed by atoms with Crippen LogP contribution in [0.1, 0.15) is 11.7 Å². The number of hydrogen-bond acceptors (Lipinski definition) is 6. The zero-order valence-electron chi connectivity index (χ0n) is 11.0. The summed E-state index contributed by atoms with van der Waals surface area (Å²) >= 11 is 0. The number of carbonyl (C=O) groups is 1. The summed E-state index contributed by atoms with van der Waals surface area (Å²) in [5, 5.41) is 6.81.